The van der Waals surface area contributed by atoms with Crippen LogP contribution in [0.2, 0.25) is 0 Å². The van der Waals surface area contributed by atoms with E-state index in [1.54, 1.807) is 14.2 Å². The van der Waals surface area contributed by atoms with Gasteiger partial charge in [-0.05, 0) is 31.2 Å². The van der Waals surface area contributed by atoms with Crippen molar-refractivity contribution in [1.82, 2.24) is 10.2 Å². The summed E-state index contributed by atoms with van der Waals surface area (Å²) in [4.78, 5) is 13.6. The largest absolute Gasteiger partial charge is 0.496 e. The zero-order chi connectivity index (χ0) is 14.3. The Kier molecular flexibility index (Phi) is 6.87. The van der Waals surface area contributed by atoms with Crippen molar-refractivity contribution in [2.24, 2.45) is 0 Å². The van der Waals surface area contributed by atoms with E-state index in [1.807, 2.05) is 18.2 Å². The molecule has 1 rings (SSSR count). The fourth-order valence-electron chi connectivity index (χ4n) is 1.92. The highest BCUT2D eigenvalue weighted by molar-refractivity contribution is 9.10. The first kappa shape index (κ1) is 16.0. The Morgan fingerprint density at radius 2 is 2.21 bits per heavy atom. The Balaban J connectivity index is 2.82. The fourth-order valence-corrected chi connectivity index (χ4v) is 2.33. The molecule has 0 saturated heterocycles. The molecule has 0 unspecified atom stereocenters. The Hall–Kier alpha value is -1.07. The summed E-state index contributed by atoms with van der Waals surface area (Å²) < 4.78 is 6.38. The quantitative estimate of drug-likeness (QED) is 0.835. The SMILES string of the molecule is CCCN(CC(=O)NC)Cc1cc(Br)ccc1OC. The van der Waals surface area contributed by atoms with E-state index in [-0.39, 0.29) is 5.91 Å². The molecule has 19 heavy (non-hydrogen) atoms. The summed E-state index contributed by atoms with van der Waals surface area (Å²) in [5, 5.41) is 2.66. The molecule has 0 aliphatic rings. The number of halogens is 1. The van der Waals surface area contributed by atoms with Gasteiger partial charge < -0.3 is 10.1 Å². The van der Waals surface area contributed by atoms with E-state index >= 15 is 0 Å². The highest BCUT2D eigenvalue weighted by Gasteiger charge is 2.12. The first-order chi connectivity index (χ1) is 9.10. The number of ether oxygens (including phenoxy) is 1. The van der Waals surface area contributed by atoms with Crippen LogP contribution in [0.15, 0.2) is 22.7 Å². The van der Waals surface area contributed by atoms with Crippen LogP contribution in [-0.2, 0) is 11.3 Å². The summed E-state index contributed by atoms with van der Waals surface area (Å²) in [5.74, 6) is 0.878. The number of methoxy groups -OCH3 is 1. The van der Waals surface area contributed by atoms with Gasteiger partial charge in [-0.15, -0.1) is 0 Å². The predicted molar refractivity (Wildman–Crippen MR) is 80.3 cm³/mol. The van der Waals surface area contributed by atoms with Gasteiger partial charge in [0.25, 0.3) is 0 Å². The van der Waals surface area contributed by atoms with Crippen LogP contribution in [0.1, 0.15) is 18.9 Å². The number of hydrogen-bond acceptors (Lipinski definition) is 3. The summed E-state index contributed by atoms with van der Waals surface area (Å²) in [6.45, 7) is 4.09. The van der Waals surface area contributed by atoms with Crippen molar-refractivity contribution < 1.29 is 9.53 Å². The molecule has 1 aromatic rings. The third kappa shape index (κ3) is 5.20. The number of carbonyl (C=O) groups is 1. The molecule has 0 atom stereocenters. The standard InChI is InChI=1S/C14H21BrN2O2/c1-4-7-17(10-14(18)16-2)9-11-8-12(15)5-6-13(11)19-3/h5-6,8H,4,7,9-10H2,1-3H3,(H,16,18). The van der Waals surface area contributed by atoms with Crippen LogP contribution < -0.4 is 10.1 Å². The van der Waals surface area contributed by atoms with Crippen LogP contribution in [0.25, 0.3) is 0 Å². The Bertz CT molecular complexity index is 424. The summed E-state index contributed by atoms with van der Waals surface area (Å²) >= 11 is 3.47. The number of likely N-dealkylation sites (N-methyl/N-ethyl adjacent to an activating group) is 1. The van der Waals surface area contributed by atoms with Crippen LogP contribution in [0.5, 0.6) is 5.75 Å². The van der Waals surface area contributed by atoms with Crippen molar-refractivity contribution in [3.8, 4) is 5.75 Å². The second kappa shape index (κ2) is 8.17. The van der Waals surface area contributed by atoms with Crippen LogP contribution in [0.3, 0.4) is 0 Å². The Labute approximate surface area is 123 Å². The molecular formula is C14H21BrN2O2. The second-order valence-electron chi connectivity index (χ2n) is 4.34. The smallest absolute Gasteiger partial charge is 0.233 e. The lowest BCUT2D eigenvalue weighted by Crippen LogP contribution is -2.35. The number of benzene rings is 1. The van der Waals surface area contributed by atoms with Gasteiger partial charge in [0.05, 0.1) is 13.7 Å². The van der Waals surface area contributed by atoms with Gasteiger partial charge in [0, 0.05) is 23.6 Å². The minimum atomic E-state index is 0.0300. The summed E-state index contributed by atoms with van der Waals surface area (Å²) in [7, 11) is 3.32. The lowest BCUT2D eigenvalue weighted by molar-refractivity contribution is -0.121. The van der Waals surface area contributed by atoms with Crippen LogP contribution >= 0.6 is 15.9 Å². The van der Waals surface area contributed by atoms with Crippen molar-refractivity contribution in [3.63, 3.8) is 0 Å². The zero-order valence-corrected chi connectivity index (χ0v) is 13.3. The van der Waals surface area contributed by atoms with Crippen molar-refractivity contribution in [2.75, 3.05) is 27.2 Å². The first-order valence-corrected chi connectivity index (χ1v) is 7.15. The molecule has 0 radical (unpaired) electrons. The Morgan fingerprint density at radius 3 is 2.79 bits per heavy atom. The predicted octanol–water partition coefficient (Wildman–Crippen LogP) is 2.42. The molecule has 0 heterocycles. The molecule has 0 aliphatic carbocycles. The van der Waals surface area contributed by atoms with Gasteiger partial charge in [0.2, 0.25) is 5.91 Å². The lowest BCUT2D eigenvalue weighted by atomic mass is 10.2. The molecule has 1 aromatic carbocycles. The van der Waals surface area contributed by atoms with Crippen LogP contribution in [-0.4, -0.2) is 38.1 Å². The molecule has 0 fully saturated rings. The van der Waals surface area contributed by atoms with E-state index in [1.165, 1.54) is 0 Å². The number of rotatable bonds is 7. The summed E-state index contributed by atoms with van der Waals surface area (Å²) in [5.41, 5.74) is 1.08. The van der Waals surface area contributed by atoms with E-state index in [0.29, 0.717) is 13.1 Å². The van der Waals surface area contributed by atoms with E-state index in [2.05, 4.69) is 33.1 Å². The molecule has 0 bridgehead atoms. The maximum absolute atomic E-state index is 11.5. The van der Waals surface area contributed by atoms with Crippen molar-refractivity contribution in [2.45, 2.75) is 19.9 Å². The van der Waals surface area contributed by atoms with Gasteiger partial charge in [-0.2, -0.15) is 0 Å². The van der Waals surface area contributed by atoms with Crippen molar-refractivity contribution in [3.05, 3.63) is 28.2 Å². The molecular weight excluding hydrogens is 308 g/mol. The van der Waals surface area contributed by atoms with Crippen molar-refractivity contribution in [1.29, 1.82) is 0 Å². The molecule has 5 heteroatoms. The number of amides is 1. The summed E-state index contributed by atoms with van der Waals surface area (Å²) in [6.07, 6.45) is 1.01. The maximum Gasteiger partial charge on any atom is 0.233 e. The van der Waals surface area contributed by atoms with Crippen LogP contribution in [0, 0.1) is 0 Å². The van der Waals surface area contributed by atoms with E-state index in [0.717, 1.165) is 28.8 Å². The number of nitrogens with zero attached hydrogens (tertiary/aromatic N) is 1. The van der Waals surface area contributed by atoms with Gasteiger partial charge in [-0.1, -0.05) is 22.9 Å². The lowest BCUT2D eigenvalue weighted by Gasteiger charge is -2.22. The first-order valence-electron chi connectivity index (χ1n) is 6.36. The van der Waals surface area contributed by atoms with Gasteiger partial charge in [-0.3, -0.25) is 9.69 Å². The number of carbonyl (C=O) groups excluding carboxylic acids is 1. The van der Waals surface area contributed by atoms with Crippen molar-refractivity contribution >= 4 is 21.8 Å². The molecule has 0 spiro atoms. The molecule has 4 nitrogen and oxygen atoms in total. The molecule has 0 aromatic heterocycles. The summed E-state index contributed by atoms with van der Waals surface area (Å²) in [6, 6.07) is 5.92. The third-order valence-corrected chi connectivity index (χ3v) is 3.32. The molecule has 1 amide bonds. The second-order valence-corrected chi connectivity index (χ2v) is 5.26. The molecule has 0 aliphatic heterocycles. The average molecular weight is 329 g/mol. The third-order valence-electron chi connectivity index (χ3n) is 2.82. The highest BCUT2D eigenvalue weighted by Crippen LogP contribution is 2.24. The molecule has 0 saturated carbocycles. The van der Waals surface area contributed by atoms with E-state index in [9.17, 15) is 4.79 Å². The molecule has 106 valence electrons. The molecule has 1 N–H and O–H groups in total. The van der Waals surface area contributed by atoms with E-state index in [4.69, 9.17) is 4.74 Å². The number of nitrogens with one attached hydrogen (secondary N) is 1. The minimum Gasteiger partial charge on any atom is -0.496 e. The monoisotopic (exact) mass is 328 g/mol. The number of hydrogen-bond donors (Lipinski definition) is 1. The highest BCUT2D eigenvalue weighted by atomic mass is 79.9. The topological polar surface area (TPSA) is 41.6 Å². The van der Waals surface area contributed by atoms with Gasteiger partial charge in [0.15, 0.2) is 0 Å². The van der Waals surface area contributed by atoms with E-state index < -0.39 is 0 Å². The normalized spacial score (nSPS) is 10.6. The zero-order valence-electron chi connectivity index (χ0n) is 11.7. The maximum atomic E-state index is 11.5. The minimum absolute atomic E-state index is 0.0300. The van der Waals surface area contributed by atoms with Gasteiger partial charge in [0.1, 0.15) is 5.75 Å². The van der Waals surface area contributed by atoms with Gasteiger partial charge >= 0.3 is 0 Å². The van der Waals surface area contributed by atoms with Crippen LogP contribution in [0.4, 0.5) is 0 Å². The van der Waals surface area contributed by atoms with Gasteiger partial charge in [-0.25, -0.2) is 0 Å². The Morgan fingerprint density at radius 1 is 1.47 bits per heavy atom. The average Bonchev–Trinajstić information content (AvgIpc) is 2.39. The fraction of sp³-hybridized carbons (Fsp3) is 0.500.